The van der Waals surface area contributed by atoms with E-state index in [1.807, 2.05) is 0 Å². The van der Waals surface area contributed by atoms with E-state index in [4.69, 9.17) is 13.6 Å². The van der Waals surface area contributed by atoms with Crippen molar-refractivity contribution in [2.24, 2.45) is 0 Å². The maximum absolute atomic E-state index is 6.08. The van der Waals surface area contributed by atoms with Gasteiger partial charge >= 0.3 is 0 Å². The summed E-state index contributed by atoms with van der Waals surface area (Å²) in [5, 5.41) is 0. The zero-order chi connectivity index (χ0) is 11.5. The predicted octanol–water partition coefficient (Wildman–Crippen LogP) is 2.34. The molecule has 0 radical (unpaired) electrons. The van der Waals surface area contributed by atoms with Crippen molar-refractivity contribution in [1.29, 1.82) is 0 Å². The van der Waals surface area contributed by atoms with Crippen LogP contribution in [-0.2, 0) is 13.6 Å². The summed E-state index contributed by atoms with van der Waals surface area (Å²) < 4.78 is 17.0. The summed E-state index contributed by atoms with van der Waals surface area (Å²) in [5.41, 5.74) is 0. The standard InChI is InChI=1S/C10H24O3Si2/c1-6-7-11-10-9(12-10)8-14(2)13-15(3,4)5/h9-10,14H,6-8H2,1-5H3. The van der Waals surface area contributed by atoms with Crippen LogP contribution in [0, 0.1) is 0 Å². The maximum Gasteiger partial charge on any atom is 0.184 e. The Morgan fingerprint density at radius 1 is 1.33 bits per heavy atom. The van der Waals surface area contributed by atoms with Gasteiger partial charge in [-0.05, 0) is 38.7 Å². The van der Waals surface area contributed by atoms with Gasteiger partial charge in [-0.2, -0.15) is 0 Å². The first-order chi connectivity index (χ1) is 6.92. The minimum atomic E-state index is -1.34. The van der Waals surface area contributed by atoms with E-state index in [1.165, 1.54) is 0 Å². The van der Waals surface area contributed by atoms with Crippen LogP contribution in [0.2, 0.25) is 32.2 Å². The van der Waals surface area contributed by atoms with Crippen LogP contribution in [0.1, 0.15) is 13.3 Å². The molecule has 1 heterocycles. The highest BCUT2D eigenvalue weighted by molar-refractivity contribution is 6.77. The van der Waals surface area contributed by atoms with E-state index >= 15 is 0 Å². The molecular weight excluding hydrogens is 224 g/mol. The van der Waals surface area contributed by atoms with E-state index in [0.717, 1.165) is 19.1 Å². The Bertz CT molecular complexity index is 194. The summed E-state index contributed by atoms with van der Waals surface area (Å²) in [6.07, 6.45) is 1.46. The molecule has 1 aliphatic heterocycles. The van der Waals surface area contributed by atoms with Crippen molar-refractivity contribution in [3.05, 3.63) is 0 Å². The third-order valence-electron chi connectivity index (χ3n) is 2.14. The average Bonchev–Trinajstić information content (AvgIpc) is 2.76. The number of hydrogen-bond acceptors (Lipinski definition) is 3. The molecule has 5 heteroatoms. The molecule has 90 valence electrons. The topological polar surface area (TPSA) is 31.0 Å². The summed E-state index contributed by atoms with van der Waals surface area (Å²) in [7, 11) is -2.38. The van der Waals surface area contributed by atoms with E-state index in [0.29, 0.717) is 6.10 Å². The maximum atomic E-state index is 6.08. The van der Waals surface area contributed by atoms with E-state index in [2.05, 4.69) is 33.1 Å². The minimum Gasteiger partial charge on any atom is -0.458 e. The molecule has 3 atom stereocenters. The summed E-state index contributed by atoms with van der Waals surface area (Å²) in [6, 6.07) is 1.10. The van der Waals surface area contributed by atoms with Gasteiger partial charge in [0, 0.05) is 6.61 Å². The van der Waals surface area contributed by atoms with Crippen molar-refractivity contribution >= 4 is 17.4 Å². The fourth-order valence-electron chi connectivity index (χ4n) is 1.65. The molecule has 0 aromatic carbocycles. The predicted molar refractivity (Wildman–Crippen MR) is 67.2 cm³/mol. The van der Waals surface area contributed by atoms with Crippen LogP contribution in [0.3, 0.4) is 0 Å². The van der Waals surface area contributed by atoms with Crippen LogP contribution < -0.4 is 0 Å². The summed E-state index contributed by atoms with van der Waals surface area (Å²) in [4.78, 5) is 0. The summed E-state index contributed by atoms with van der Waals surface area (Å²) in [6.45, 7) is 11.9. The van der Waals surface area contributed by atoms with Crippen LogP contribution in [0.4, 0.5) is 0 Å². The van der Waals surface area contributed by atoms with Gasteiger partial charge in [-0.15, -0.1) is 0 Å². The molecular formula is C10H24O3Si2. The van der Waals surface area contributed by atoms with Gasteiger partial charge in [0.1, 0.15) is 6.10 Å². The molecule has 0 aliphatic carbocycles. The van der Waals surface area contributed by atoms with Gasteiger partial charge < -0.3 is 13.6 Å². The fourth-order valence-corrected chi connectivity index (χ4v) is 7.85. The lowest BCUT2D eigenvalue weighted by Crippen LogP contribution is -2.33. The second kappa shape index (κ2) is 5.59. The number of ether oxygens (including phenoxy) is 2. The summed E-state index contributed by atoms with van der Waals surface area (Å²) >= 11 is 0. The third-order valence-corrected chi connectivity index (χ3v) is 7.71. The second-order valence-electron chi connectivity index (χ2n) is 5.19. The molecule has 0 bridgehead atoms. The van der Waals surface area contributed by atoms with Gasteiger partial charge in [0.05, 0.1) is 0 Å². The molecule has 0 amide bonds. The van der Waals surface area contributed by atoms with Crippen LogP contribution in [0.15, 0.2) is 0 Å². The largest absolute Gasteiger partial charge is 0.458 e. The van der Waals surface area contributed by atoms with Crippen LogP contribution in [0.25, 0.3) is 0 Å². The Balaban J connectivity index is 2.10. The molecule has 15 heavy (non-hydrogen) atoms. The van der Waals surface area contributed by atoms with Crippen molar-refractivity contribution in [3.8, 4) is 0 Å². The van der Waals surface area contributed by atoms with Gasteiger partial charge in [-0.3, -0.25) is 0 Å². The lowest BCUT2D eigenvalue weighted by Gasteiger charge is -2.22. The van der Waals surface area contributed by atoms with E-state index in [-0.39, 0.29) is 6.29 Å². The third kappa shape index (κ3) is 5.82. The Labute approximate surface area is 96.0 Å². The monoisotopic (exact) mass is 248 g/mol. The first-order valence-corrected chi connectivity index (χ1v) is 11.7. The highest BCUT2D eigenvalue weighted by atomic mass is 28.4. The number of hydrogen-bond donors (Lipinski definition) is 0. The van der Waals surface area contributed by atoms with Crippen molar-refractivity contribution < 1.29 is 13.6 Å². The van der Waals surface area contributed by atoms with Crippen molar-refractivity contribution in [2.75, 3.05) is 6.61 Å². The van der Waals surface area contributed by atoms with Gasteiger partial charge in [-0.1, -0.05) is 6.92 Å². The smallest absolute Gasteiger partial charge is 0.184 e. The Morgan fingerprint density at radius 3 is 2.53 bits per heavy atom. The summed E-state index contributed by atoms with van der Waals surface area (Å²) in [5.74, 6) is 0. The van der Waals surface area contributed by atoms with Gasteiger partial charge in [0.15, 0.2) is 23.6 Å². The van der Waals surface area contributed by atoms with Crippen molar-refractivity contribution in [1.82, 2.24) is 0 Å². The lowest BCUT2D eigenvalue weighted by atomic mass is 10.5. The molecule has 0 saturated carbocycles. The highest BCUT2D eigenvalue weighted by Crippen LogP contribution is 2.29. The van der Waals surface area contributed by atoms with E-state index in [9.17, 15) is 0 Å². The molecule has 1 saturated heterocycles. The van der Waals surface area contributed by atoms with Crippen molar-refractivity contribution in [2.45, 2.75) is 58.0 Å². The fraction of sp³-hybridized carbons (Fsp3) is 1.00. The van der Waals surface area contributed by atoms with Crippen LogP contribution in [-0.4, -0.2) is 36.4 Å². The Kier molecular flexibility index (Phi) is 4.98. The van der Waals surface area contributed by atoms with Gasteiger partial charge in [-0.25, -0.2) is 0 Å². The molecule has 3 unspecified atom stereocenters. The molecule has 0 aromatic heterocycles. The molecule has 0 N–H and O–H groups in total. The highest BCUT2D eigenvalue weighted by Gasteiger charge is 2.41. The molecule has 0 aromatic rings. The zero-order valence-electron chi connectivity index (χ0n) is 10.6. The quantitative estimate of drug-likeness (QED) is 0.512. The first kappa shape index (κ1) is 13.4. The van der Waals surface area contributed by atoms with E-state index in [1.54, 1.807) is 0 Å². The second-order valence-corrected chi connectivity index (χ2v) is 12.5. The van der Waals surface area contributed by atoms with Crippen LogP contribution >= 0.6 is 0 Å². The lowest BCUT2D eigenvalue weighted by molar-refractivity contribution is 0.0507. The molecule has 3 nitrogen and oxygen atoms in total. The average molecular weight is 248 g/mol. The molecule has 1 aliphatic rings. The van der Waals surface area contributed by atoms with Gasteiger partial charge in [0.2, 0.25) is 0 Å². The molecule has 1 fully saturated rings. The minimum absolute atomic E-state index is 0.0742. The zero-order valence-corrected chi connectivity index (χ0v) is 12.7. The molecule has 0 spiro atoms. The van der Waals surface area contributed by atoms with Crippen LogP contribution in [0.5, 0.6) is 0 Å². The Morgan fingerprint density at radius 2 is 2.00 bits per heavy atom. The first-order valence-electron chi connectivity index (χ1n) is 5.87. The number of rotatable bonds is 7. The molecule has 1 rings (SSSR count). The number of epoxide rings is 1. The van der Waals surface area contributed by atoms with E-state index < -0.39 is 17.4 Å². The Hall–Kier alpha value is 0.314. The van der Waals surface area contributed by atoms with Crippen molar-refractivity contribution in [3.63, 3.8) is 0 Å². The normalized spacial score (nSPS) is 27.8. The SMILES string of the molecule is CCCOC1OC1C[SiH](C)O[Si](C)(C)C. The van der Waals surface area contributed by atoms with Gasteiger partial charge in [0.25, 0.3) is 0 Å².